The van der Waals surface area contributed by atoms with Crippen LogP contribution in [0.2, 0.25) is 5.02 Å². The van der Waals surface area contributed by atoms with Crippen molar-refractivity contribution in [2.75, 3.05) is 12.3 Å². The first-order valence-electron chi connectivity index (χ1n) is 5.88. The van der Waals surface area contributed by atoms with Gasteiger partial charge in [-0.3, -0.25) is 0 Å². The van der Waals surface area contributed by atoms with Crippen molar-refractivity contribution in [3.63, 3.8) is 0 Å². The third-order valence-electron chi connectivity index (χ3n) is 2.44. The predicted octanol–water partition coefficient (Wildman–Crippen LogP) is 4.59. The average Bonchev–Trinajstić information content (AvgIpc) is 2.75. The summed E-state index contributed by atoms with van der Waals surface area (Å²) in [4.78, 5) is 4.01. The van der Waals surface area contributed by atoms with Crippen LogP contribution in [0.4, 0.5) is 0 Å². The first-order chi connectivity index (χ1) is 8.74. The lowest BCUT2D eigenvalue weighted by molar-refractivity contribution is 0.741. The van der Waals surface area contributed by atoms with Crippen molar-refractivity contribution in [2.24, 2.45) is 0 Å². The molecule has 18 heavy (non-hydrogen) atoms. The number of aryl methyl sites for hydroxylation is 1. The van der Waals surface area contributed by atoms with E-state index in [2.05, 4.69) is 30.4 Å². The summed E-state index contributed by atoms with van der Waals surface area (Å²) in [7, 11) is 0. The molecular weight excluding hydrogens is 282 g/mol. The molecule has 0 saturated carbocycles. The first kappa shape index (κ1) is 13.9. The van der Waals surface area contributed by atoms with Gasteiger partial charge in [0.1, 0.15) is 0 Å². The average molecular weight is 298 g/mol. The summed E-state index contributed by atoms with van der Waals surface area (Å²) < 4.78 is 0. The smallest absolute Gasteiger partial charge is 0.0417 e. The zero-order valence-corrected chi connectivity index (χ0v) is 12.7. The molecule has 0 aliphatic rings. The number of benzene rings is 1. The number of hydrogen-bond acceptors (Lipinski definition) is 3. The minimum Gasteiger partial charge on any atom is -0.311 e. The second-order valence-electron chi connectivity index (χ2n) is 3.99. The van der Waals surface area contributed by atoms with Gasteiger partial charge >= 0.3 is 0 Å². The molecule has 0 aliphatic carbocycles. The molecule has 0 spiro atoms. The van der Waals surface area contributed by atoms with Crippen molar-refractivity contribution in [1.82, 2.24) is 5.32 Å². The molecule has 0 amide bonds. The van der Waals surface area contributed by atoms with Gasteiger partial charge in [0.25, 0.3) is 0 Å². The SMILES string of the molecule is Cc1ccc(CNCCSc2cccc(Cl)c2)s1. The fraction of sp³-hybridized carbons (Fsp3) is 0.286. The Labute approximate surface area is 122 Å². The summed E-state index contributed by atoms with van der Waals surface area (Å²) in [6.07, 6.45) is 0. The lowest BCUT2D eigenvalue weighted by Crippen LogP contribution is -2.15. The maximum Gasteiger partial charge on any atom is 0.0417 e. The molecule has 0 unspecified atom stereocenters. The normalized spacial score (nSPS) is 10.8. The van der Waals surface area contributed by atoms with E-state index in [0.29, 0.717) is 0 Å². The van der Waals surface area contributed by atoms with Gasteiger partial charge in [0.2, 0.25) is 0 Å². The van der Waals surface area contributed by atoms with Gasteiger partial charge in [0, 0.05) is 38.5 Å². The molecule has 2 aromatic rings. The van der Waals surface area contributed by atoms with Crippen molar-refractivity contribution in [1.29, 1.82) is 0 Å². The minimum absolute atomic E-state index is 0.807. The largest absolute Gasteiger partial charge is 0.311 e. The Bertz CT molecular complexity index is 496. The van der Waals surface area contributed by atoms with Crippen LogP contribution in [0.3, 0.4) is 0 Å². The molecule has 1 heterocycles. The van der Waals surface area contributed by atoms with E-state index in [1.807, 2.05) is 41.3 Å². The second-order valence-corrected chi connectivity index (χ2v) is 6.97. The molecule has 1 nitrogen and oxygen atoms in total. The highest BCUT2D eigenvalue weighted by molar-refractivity contribution is 7.99. The monoisotopic (exact) mass is 297 g/mol. The molecule has 0 aliphatic heterocycles. The van der Waals surface area contributed by atoms with Crippen LogP contribution in [-0.4, -0.2) is 12.3 Å². The van der Waals surface area contributed by atoms with Gasteiger partial charge in [-0.2, -0.15) is 0 Å². The van der Waals surface area contributed by atoms with E-state index in [1.54, 1.807) is 0 Å². The topological polar surface area (TPSA) is 12.0 Å². The van der Waals surface area contributed by atoms with Gasteiger partial charge < -0.3 is 5.32 Å². The fourth-order valence-electron chi connectivity index (χ4n) is 1.59. The van der Waals surface area contributed by atoms with E-state index in [0.717, 1.165) is 23.9 Å². The lowest BCUT2D eigenvalue weighted by Gasteiger charge is -2.03. The molecule has 0 bridgehead atoms. The number of thiophene rings is 1. The van der Waals surface area contributed by atoms with Crippen LogP contribution in [-0.2, 0) is 6.54 Å². The van der Waals surface area contributed by atoms with Gasteiger partial charge in [0.15, 0.2) is 0 Å². The number of thioether (sulfide) groups is 1. The second kappa shape index (κ2) is 7.19. The first-order valence-corrected chi connectivity index (χ1v) is 8.06. The summed E-state index contributed by atoms with van der Waals surface area (Å²) in [6.45, 7) is 4.12. The molecule has 0 saturated heterocycles. The summed E-state index contributed by atoms with van der Waals surface area (Å²) in [5.41, 5.74) is 0. The van der Waals surface area contributed by atoms with Crippen LogP contribution in [0.25, 0.3) is 0 Å². The van der Waals surface area contributed by atoms with E-state index in [-0.39, 0.29) is 0 Å². The molecule has 0 radical (unpaired) electrons. The Balaban J connectivity index is 1.64. The molecular formula is C14H16ClNS2. The van der Waals surface area contributed by atoms with Crippen molar-refractivity contribution in [3.05, 3.63) is 51.2 Å². The molecule has 1 aromatic carbocycles. The summed E-state index contributed by atoms with van der Waals surface area (Å²) in [5.74, 6) is 1.06. The number of nitrogens with one attached hydrogen (secondary N) is 1. The Hall–Kier alpha value is -0.480. The molecule has 96 valence electrons. The van der Waals surface area contributed by atoms with Crippen molar-refractivity contribution >= 4 is 34.7 Å². The molecule has 1 N–H and O–H groups in total. The van der Waals surface area contributed by atoms with Crippen molar-refractivity contribution in [3.8, 4) is 0 Å². The maximum atomic E-state index is 5.94. The van der Waals surface area contributed by atoms with Crippen LogP contribution >= 0.6 is 34.7 Å². The zero-order valence-electron chi connectivity index (χ0n) is 10.3. The predicted molar refractivity (Wildman–Crippen MR) is 82.9 cm³/mol. The van der Waals surface area contributed by atoms with E-state index in [9.17, 15) is 0 Å². The van der Waals surface area contributed by atoms with E-state index >= 15 is 0 Å². The number of halogens is 1. The zero-order chi connectivity index (χ0) is 12.8. The van der Waals surface area contributed by atoms with Gasteiger partial charge in [-0.25, -0.2) is 0 Å². The van der Waals surface area contributed by atoms with E-state index in [4.69, 9.17) is 11.6 Å². The van der Waals surface area contributed by atoms with Crippen LogP contribution in [0.1, 0.15) is 9.75 Å². The standard InChI is InChI=1S/C14H16ClNS2/c1-11-5-6-14(18-11)10-16-7-8-17-13-4-2-3-12(15)9-13/h2-6,9,16H,7-8,10H2,1H3. The van der Waals surface area contributed by atoms with Gasteiger partial charge in [0.05, 0.1) is 0 Å². The minimum atomic E-state index is 0.807. The highest BCUT2D eigenvalue weighted by atomic mass is 35.5. The van der Waals surface area contributed by atoms with E-state index < -0.39 is 0 Å². The molecule has 4 heteroatoms. The Morgan fingerprint density at radius 2 is 2.17 bits per heavy atom. The Morgan fingerprint density at radius 3 is 2.89 bits per heavy atom. The third kappa shape index (κ3) is 4.65. The summed E-state index contributed by atoms with van der Waals surface area (Å²) >= 11 is 9.63. The summed E-state index contributed by atoms with van der Waals surface area (Å²) in [6, 6.07) is 12.4. The quantitative estimate of drug-likeness (QED) is 0.618. The highest BCUT2D eigenvalue weighted by Gasteiger charge is 1.97. The highest BCUT2D eigenvalue weighted by Crippen LogP contribution is 2.21. The van der Waals surface area contributed by atoms with Crippen LogP contribution in [0.5, 0.6) is 0 Å². The van der Waals surface area contributed by atoms with Gasteiger partial charge in [-0.15, -0.1) is 23.1 Å². The third-order valence-corrected chi connectivity index (χ3v) is 4.67. The van der Waals surface area contributed by atoms with E-state index in [1.165, 1.54) is 14.6 Å². The summed E-state index contributed by atoms with van der Waals surface area (Å²) in [5, 5.41) is 4.26. The van der Waals surface area contributed by atoms with Crippen LogP contribution in [0.15, 0.2) is 41.3 Å². The molecule has 0 atom stereocenters. The Morgan fingerprint density at radius 1 is 1.28 bits per heavy atom. The van der Waals surface area contributed by atoms with Crippen molar-refractivity contribution in [2.45, 2.75) is 18.4 Å². The lowest BCUT2D eigenvalue weighted by atomic mass is 10.4. The molecule has 0 fully saturated rings. The van der Waals surface area contributed by atoms with Crippen LogP contribution < -0.4 is 5.32 Å². The molecule has 1 aromatic heterocycles. The molecule has 2 rings (SSSR count). The number of rotatable bonds is 6. The van der Waals surface area contributed by atoms with Crippen molar-refractivity contribution < 1.29 is 0 Å². The van der Waals surface area contributed by atoms with Crippen LogP contribution in [0, 0.1) is 6.92 Å². The number of hydrogen-bond donors (Lipinski definition) is 1. The van der Waals surface area contributed by atoms with Gasteiger partial charge in [-0.05, 0) is 37.3 Å². The maximum absolute atomic E-state index is 5.94. The fourth-order valence-corrected chi connectivity index (χ4v) is 3.57. The van der Waals surface area contributed by atoms with Gasteiger partial charge in [-0.1, -0.05) is 17.7 Å². The Kier molecular flexibility index (Phi) is 5.57.